The van der Waals surface area contributed by atoms with Gasteiger partial charge in [-0.3, -0.25) is 14.1 Å². The average Bonchev–Trinajstić information content (AvgIpc) is 2.71. The van der Waals surface area contributed by atoms with E-state index in [4.69, 9.17) is 0 Å². The average molecular weight is 424 g/mol. The monoisotopic (exact) mass is 423 g/mol. The van der Waals surface area contributed by atoms with Crippen LogP contribution in [0, 0.1) is 6.92 Å². The maximum atomic E-state index is 12.8. The van der Waals surface area contributed by atoms with Crippen molar-refractivity contribution in [3.05, 3.63) is 89.7 Å². The third-order valence-corrected chi connectivity index (χ3v) is 6.00. The summed E-state index contributed by atoms with van der Waals surface area (Å²) in [4.78, 5) is 16.8. The number of pyridine rings is 1. The van der Waals surface area contributed by atoms with Crippen LogP contribution in [0.25, 0.3) is 0 Å². The molecule has 3 rings (SSSR count). The summed E-state index contributed by atoms with van der Waals surface area (Å²) in [7, 11) is -3.64. The summed E-state index contributed by atoms with van der Waals surface area (Å²) in [6.07, 6.45) is 5.38. The van der Waals surface area contributed by atoms with Gasteiger partial charge in [0.15, 0.2) is 0 Å². The van der Waals surface area contributed by atoms with E-state index in [2.05, 4.69) is 10.3 Å². The molecule has 1 amide bonds. The van der Waals surface area contributed by atoms with Crippen LogP contribution in [-0.2, 0) is 21.2 Å². The van der Waals surface area contributed by atoms with Gasteiger partial charge in [-0.2, -0.15) is 0 Å². The summed E-state index contributed by atoms with van der Waals surface area (Å²) in [6, 6.07) is 17.6. The number of nitrogens with one attached hydrogen (secondary N) is 1. The maximum absolute atomic E-state index is 12.8. The van der Waals surface area contributed by atoms with Gasteiger partial charge in [0.05, 0.1) is 11.9 Å². The quantitative estimate of drug-likeness (QED) is 0.627. The van der Waals surface area contributed by atoms with Crippen LogP contribution in [0.15, 0.2) is 73.1 Å². The lowest BCUT2D eigenvalue weighted by Gasteiger charge is -2.28. The second-order valence-corrected chi connectivity index (χ2v) is 9.15. The highest BCUT2D eigenvalue weighted by Crippen LogP contribution is 2.22. The number of carbonyl (C=O) groups is 1. The molecule has 0 unspecified atom stereocenters. The van der Waals surface area contributed by atoms with E-state index < -0.39 is 22.0 Å². The van der Waals surface area contributed by atoms with Crippen LogP contribution < -0.4 is 9.62 Å². The molecule has 7 heteroatoms. The van der Waals surface area contributed by atoms with Crippen molar-refractivity contribution in [2.75, 3.05) is 15.9 Å². The Morgan fingerprint density at radius 3 is 2.10 bits per heavy atom. The molecule has 30 heavy (non-hydrogen) atoms. The van der Waals surface area contributed by atoms with E-state index in [1.165, 1.54) is 0 Å². The molecular weight excluding hydrogens is 398 g/mol. The minimum atomic E-state index is -3.64. The van der Waals surface area contributed by atoms with Crippen LogP contribution >= 0.6 is 0 Å². The van der Waals surface area contributed by atoms with E-state index in [0.29, 0.717) is 11.4 Å². The molecule has 0 aliphatic rings. The van der Waals surface area contributed by atoms with Gasteiger partial charge in [-0.05, 0) is 67.8 Å². The molecule has 156 valence electrons. The second-order valence-electron chi connectivity index (χ2n) is 7.29. The number of aromatic nitrogens is 1. The number of benzene rings is 2. The Kier molecular flexibility index (Phi) is 6.52. The zero-order chi connectivity index (χ0) is 21.7. The van der Waals surface area contributed by atoms with Crippen molar-refractivity contribution in [2.24, 2.45) is 0 Å². The molecule has 1 heterocycles. The lowest BCUT2D eigenvalue weighted by Crippen LogP contribution is -2.45. The van der Waals surface area contributed by atoms with Gasteiger partial charge in [-0.1, -0.05) is 29.8 Å². The van der Waals surface area contributed by atoms with Crippen LogP contribution in [0.1, 0.15) is 23.6 Å². The van der Waals surface area contributed by atoms with Gasteiger partial charge < -0.3 is 5.32 Å². The van der Waals surface area contributed by atoms with E-state index in [0.717, 1.165) is 33.7 Å². The van der Waals surface area contributed by atoms with E-state index in [1.54, 1.807) is 31.5 Å². The smallest absolute Gasteiger partial charge is 0.247 e. The summed E-state index contributed by atoms with van der Waals surface area (Å²) in [5.41, 5.74) is 4.33. The highest BCUT2D eigenvalue weighted by Gasteiger charge is 2.29. The van der Waals surface area contributed by atoms with Crippen molar-refractivity contribution in [3.63, 3.8) is 0 Å². The Labute approximate surface area is 177 Å². The Balaban J connectivity index is 1.72. The first-order chi connectivity index (χ1) is 14.2. The van der Waals surface area contributed by atoms with Crippen molar-refractivity contribution in [3.8, 4) is 0 Å². The number of amides is 1. The number of hydrogen-bond donors (Lipinski definition) is 1. The summed E-state index contributed by atoms with van der Waals surface area (Å²) >= 11 is 0. The lowest BCUT2D eigenvalue weighted by molar-refractivity contribution is -0.116. The highest BCUT2D eigenvalue weighted by atomic mass is 32.2. The number of sulfonamides is 1. The molecule has 1 aromatic heterocycles. The van der Waals surface area contributed by atoms with Gasteiger partial charge >= 0.3 is 0 Å². The summed E-state index contributed by atoms with van der Waals surface area (Å²) in [6.45, 7) is 3.50. The van der Waals surface area contributed by atoms with Gasteiger partial charge in [-0.15, -0.1) is 0 Å². The molecule has 0 saturated heterocycles. The fourth-order valence-corrected chi connectivity index (χ4v) is 4.36. The van der Waals surface area contributed by atoms with Crippen LogP contribution in [0.4, 0.5) is 11.4 Å². The molecule has 2 aromatic carbocycles. The van der Waals surface area contributed by atoms with Gasteiger partial charge in [0.25, 0.3) is 0 Å². The molecule has 0 fully saturated rings. The standard InChI is InChI=1S/C23H25N3O3S/c1-17-4-10-22(11-5-17)26(30(3,28)29)18(2)23(27)25-21-8-6-19(7-9-21)16-20-12-14-24-15-13-20/h4-15,18H,16H2,1-3H3,(H,25,27)/t18-/m0/s1. The number of anilines is 2. The van der Waals surface area contributed by atoms with E-state index in [-0.39, 0.29) is 0 Å². The zero-order valence-electron chi connectivity index (χ0n) is 17.2. The first-order valence-electron chi connectivity index (χ1n) is 9.59. The minimum absolute atomic E-state index is 0.400. The Morgan fingerprint density at radius 2 is 1.53 bits per heavy atom. The van der Waals surface area contributed by atoms with Crippen molar-refractivity contribution in [2.45, 2.75) is 26.3 Å². The second kappa shape index (κ2) is 9.09. The fraction of sp³-hybridized carbons (Fsp3) is 0.217. The molecule has 0 aliphatic heterocycles. The fourth-order valence-electron chi connectivity index (χ4n) is 3.19. The van der Waals surface area contributed by atoms with Crippen LogP contribution in [0.5, 0.6) is 0 Å². The van der Waals surface area contributed by atoms with E-state index in [9.17, 15) is 13.2 Å². The van der Waals surface area contributed by atoms with Gasteiger partial charge in [0, 0.05) is 18.1 Å². The molecule has 0 spiro atoms. The highest BCUT2D eigenvalue weighted by molar-refractivity contribution is 7.92. The molecule has 1 N–H and O–H groups in total. The third-order valence-electron chi connectivity index (χ3n) is 4.76. The molecule has 0 bridgehead atoms. The van der Waals surface area contributed by atoms with Crippen molar-refractivity contribution < 1.29 is 13.2 Å². The molecule has 3 aromatic rings. The van der Waals surface area contributed by atoms with E-state index in [1.807, 2.05) is 55.5 Å². The molecule has 0 aliphatic carbocycles. The molecular formula is C23H25N3O3S. The lowest BCUT2D eigenvalue weighted by atomic mass is 10.1. The molecule has 0 radical (unpaired) electrons. The first-order valence-corrected chi connectivity index (χ1v) is 11.4. The summed E-state index contributed by atoms with van der Waals surface area (Å²) in [5, 5.41) is 2.81. The predicted molar refractivity (Wildman–Crippen MR) is 120 cm³/mol. The van der Waals surface area contributed by atoms with Crippen molar-refractivity contribution in [1.82, 2.24) is 4.98 Å². The largest absolute Gasteiger partial charge is 0.324 e. The van der Waals surface area contributed by atoms with Crippen LogP contribution in [0.2, 0.25) is 0 Å². The predicted octanol–water partition coefficient (Wildman–Crippen LogP) is 3.77. The summed E-state index contributed by atoms with van der Waals surface area (Å²) < 4.78 is 25.9. The molecule has 0 saturated carbocycles. The Hall–Kier alpha value is -3.19. The topological polar surface area (TPSA) is 79.4 Å². The molecule has 1 atom stereocenters. The minimum Gasteiger partial charge on any atom is -0.324 e. The van der Waals surface area contributed by atoms with Crippen molar-refractivity contribution in [1.29, 1.82) is 0 Å². The summed E-state index contributed by atoms with van der Waals surface area (Å²) in [5.74, 6) is -0.400. The van der Waals surface area contributed by atoms with Crippen molar-refractivity contribution >= 4 is 27.3 Å². The van der Waals surface area contributed by atoms with Gasteiger partial charge in [-0.25, -0.2) is 8.42 Å². The van der Waals surface area contributed by atoms with Crippen LogP contribution in [0.3, 0.4) is 0 Å². The maximum Gasteiger partial charge on any atom is 0.247 e. The number of rotatable bonds is 7. The van der Waals surface area contributed by atoms with Gasteiger partial charge in [0.1, 0.15) is 6.04 Å². The molecule has 6 nitrogen and oxygen atoms in total. The zero-order valence-corrected chi connectivity index (χ0v) is 18.1. The van der Waals surface area contributed by atoms with E-state index >= 15 is 0 Å². The van der Waals surface area contributed by atoms with Crippen LogP contribution in [-0.4, -0.2) is 31.6 Å². The normalized spacial score (nSPS) is 12.2. The van der Waals surface area contributed by atoms with Gasteiger partial charge in [0.2, 0.25) is 15.9 Å². The number of aryl methyl sites for hydroxylation is 1. The Bertz CT molecular complexity index is 1100. The SMILES string of the molecule is Cc1ccc(N([C@@H](C)C(=O)Nc2ccc(Cc3ccncc3)cc2)S(C)(=O)=O)cc1. The number of hydrogen-bond acceptors (Lipinski definition) is 4. The number of carbonyl (C=O) groups excluding carboxylic acids is 1. The third kappa shape index (κ3) is 5.45. The first kappa shape index (κ1) is 21.5. The number of nitrogens with zero attached hydrogens (tertiary/aromatic N) is 2. The Morgan fingerprint density at radius 1 is 0.967 bits per heavy atom.